The maximum absolute atomic E-state index is 6.97. The van der Waals surface area contributed by atoms with Crippen molar-refractivity contribution in [3.63, 3.8) is 0 Å². The lowest BCUT2D eigenvalue weighted by Gasteiger charge is -2.19. The van der Waals surface area contributed by atoms with Crippen LogP contribution in [0.5, 0.6) is 0 Å². The monoisotopic (exact) mass is 1640 g/mol. The number of furan rings is 2. The summed E-state index contributed by atoms with van der Waals surface area (Å²) in [7, 11) is 0. The minimum Gasteiger partial charge on any atom is -0.455 e. The van der Waals surface area contributed by atoms with Crippen molar-refractivity contribution < 1.29 is 8.83 Å². The first-order chi connectivity index (χ1) is 63.0. The molecule has 25 rings (SSSR count). The number of rotatable bonds is 13. The standard InChI is InChI=1S/C63H39NO.C56H34N4OS/c1-3-17-43(18-4-1)59-60-61(64-56-26-14-13-25-54(56)63(60)65-62(59)45-19-5-2-6-20-45)44-31-27-42(28-32-44)48-35-36-53-55(39-48)58(50-34-30-41-16-8-10-22-47(41)38-50)52-24-12-11-23-51(52)57(53)49-33-29-40-15-7-9-21-46(40)37-49;1-4-15-37(16-5-1)48-49-50(57-46-25-12-10-22-44(46)52(49)61-51(48)39-17-6-2-7-18-39)38-31-27-35(28-32-38)36-29-33-41(34-30-36)55-58-54(40-19-8-3-9-20-40)59-56(60-55)45-24-14-23-43-42-21-11-13-26-47(42)62-53(43)45/h1-39H;1-34H. The SMILES string of the molecule is c1ccc(-c2nc(-c3ccc(-c4ccc(-c5nc6ccccc6c6oc(-c7ccccc7)c(-c7ccccc7)c56)cc4)cc3)nc(-c3cccc4c3sc3ccccc34)n2)cc1.c1ccc(-c2oc3c(c(-c4ccc(-c5ccc6c(-c7ccc8ccccc8c7)c7ccccc7c(-c7ccc8ccccc8c7)c6c5)cc4)nc4ccccc43)c2-c2ccccc2)cc1. The molecule has 0 atom stereocenters. The second-order valence-corrected chi connectivity index (χ2v) is 33.4. The zero-order chi connectivity index (χ0) is 83.8. The number of nitrogens with zero attached hydrogens (tertiary/aromatic N) is 5. The van der Waals surface area contributed by atoms with Gasteiger partial charge in [-0.05, 0) is 153 Å². The second kappa shape index (κ2) is 31.4. The summed E-state index contributed by atoms with van der Waals surface area (Å²) in [5.74, 6) is 3.61. The van der Waals surface area contributed by atoms with Gasteiger partial charge in [-0.15, -0.1) is 11.3 Å². The molecule has 0 radical (unpaired) electrons. The Balaban J connectivity index is 0.000000142. The normalized spacial score (nSPS) is 11.6. The van der Waals surface area contributed by atoms with Gasteiger partial charge >= 0.3 is 0 Å². The summed E-state index contributed by atoms with van der Waals surface area (Å²) in [4.78, 5) is 26.0. The molecular formula is C119H73N5O2S. The number of pyridine rings is 2. The van der Waals surface area contributed by atoms with Crippen LogP contribution in [0.2, 0.25) is 0 Å². The number of hydrogen-bond donors (Lipinski definition) is 0. The van der Waals surface area contributed by atoms with Gasteiger partial charge in [0.2, 0.25) is 0 Å². The summed E-state index contributed by atoms with van der Waals surface area (Å²) in [6.45, 7) is 0. The highest BCUT2D eigenvalue weighted by atomic mass is 32.1. The zero-order valence-electron chi connectivity index (χ0n) is 68.6. The third-order valence-corrected chi connectivity index (χ3v) is 26.0. The van der Waals surface area contributed by atoms with Crippen molar-refractivity contribution in [2.24, 2.45) is 0 Å². The Kier molecular flexibility index (Phi) is 18.3. The molecule has 0 N–H and O–H groups in total. The Morgan fingerprint density at radius 3 is 1.03 bits per heavy atom. The molecule has 8 heteroatoms. The van der Waals surface area contributed by atoms with Crippen molar-refractivity contribution in [2.45, 2.75) is 0 Å². The van der Waals surface area contributed by atoms with Gasteiger partial charge in [0.25, 0.3) is 0 Å². The molecular weight excluding hydrogens is 1560 g/mol. The predicted molar refractivity (Wildman–Crippen MR) is 530 cm³/mol. The molecule has 0 amide bonds. The van der Waals surface area contributed by atoms with Gasteiger partial charge in [0.15, 0.2) is 17.5 Å². The number of fused-ring (bicyclic) bond motifs is 13. The number of benzene rings is 19. The Morgan fingerprint density at radius 1 is 0.189 bits per heavy atom. The van der Waals surface area contributed by atoms with Crippen LogP contribution in [0, 0.1) is 0 Å². The summed E-state index contributed by atoms with van der Waals surface area (Å²) >= 11 is 1.78. The fraction of sp³-hybridized carbons (Fsp3) is 0. The smallest absolute Gasteiger partial charge is 0.165 e. The Hall–Kier alpha value is -16.7. The first kappa shape index (κ1) is 74.2. The lowest BCUT2D eigenvalue weighted by Crippen LogP contribution is -2.00. The predicted octanol–water partition coefficient (Wildman–Crippen LogP) is 32.8. The number of para-hydroxylation sites is 2. The Morgan fingerprint density at radius 2 is 0.535 bits per heavy atom. The van der Waals surface area contributed by atoms with E-state index in [9.17, 15) is 0 Å². The van der Waals surface area contributed by atoms with Crippen LogP contribution in [0.15, 0.2) is 452 Å². The topological polar surface area (TPSA) is 90.7 Å². The molecule has 7 nitrogen and oxygen atoms in total. The molecule has 0 saturated carbocycles. The van der Waals surface area contributed by atoms with Gasteiger partial charge in [0.05, 0.1) is 33.2 Å². The van der Waals surface area contributed by atoms with E-state index < -0.39 is 0 Å². The van der Waals surface area contributed by atoms with Gasteiger partial charge in [-0.1, -0.05) is 388 Å². The van der Waals surface area contributed by atoms with Gasteiger partial charge in [-0.3, -0.25) is 0 Å². The summed E-state index contributed by atoms with van der Waals surface area (Å²) in [6.07, 6.45) is 0. The van der Waals surface area contributed by atoms with Crippen molar-refractivity contribution in [3.05, 3.63) is 443 Å². The molecule has 0 spiro atoms. The molecule has 0 unspecified atom stereocenters. The summed E-state index contributed by atoms with van der Waals surface area (Å²) < 4.78 is 16.3. The average Bonchev–Trinajstić information content (AvgIpc) is 1.00. The van der Waals surface area contributed by atoms with E-state index in [1.165, 1.54) is 85.5 Å². The van der Waals surface area contributed by atoms with Crippen LogP contribution in [-0.2, 0) is 0 Å². The van der Waals surface area contributed by atoms with Crippen LogP contribution in [0.25, 0.3) is 253 Å². The molecule has 0 aliphatic heterocycles. The molecule has 6 aromatic heterocycles. The highest BCUT2D eigenvalue weighted by Crippen LogP contribution is 2.52. The van der Waals surface area contributed by atoms with Crippen molar-refractivity contribution in [2.75, 3.05) is 0 Å². The average molecular weight is 1640 g/mol. The minimum atomic E-state index is 0.629. The maximum Gasteiger partial charge on any atom is 0.165 e. The molecule has 0 fully saturated rings. The molecule has 19 aromatic carbocycles. The summed E-state index contributed by atoms with van der Waals surface area (Å²) in [5, 5.41) is 16.3. The van der Waals surface area contributed by atoms with E-state index in [1.807, 2.05) is 66.7 Å². The minimum absolute atomic E-state index is 0.629. The molecule has 6 heterocycles. The Labute approximate surface area is 735 Å². The lowest BCUT2D eigenvalue weighted by atomic mass is 9.84. The molecule has 0 saturated heterocycles. The van der Waals surface area contributed by atoms with Gasteiger partial charge < -0.3 is 8.83 Å². The van der Waals surface area contributed by atoms with Crippen molar-refractivity contribution in [3.8, 4) is 146 Å². The van der Waals surface area contributed by atoms with Crippen molar-refractivity contribution in [1.82, 2.24) is 24.9 Å². The van der Waals surface area contributed by atoms with E-state index in [0.29, 0.717) is 17.5 Å². The number of aromatic nitrogens is 5. The lowest BCUT2D eigenvalue weighted by molar-refractivity contribution is 0.635. The van der Waals surface area contributed by atoms with Gasteiger partial charge in [0, 0.05) is 81.0 Å². The number of thiophene rings is 1. The molecule has 0 aliphatic carbocycles. The quantitative estimate of drug-likeness (QED) is 0.106. The molecule has 127 heavy (non-hydrogen) atoms. The van der Waals surface area contributed by atoms with Crippen LogP contribution in [0.3, 0.4) is 0 Å². The third-order valence-electron chi connectivity index (χ3n) is 24.8. The maximum atomic E-state index is 6.97. The van der Waals surface area contributed by atoms with Crippen LogP contribution in [0.1, 0.15) is 0 Å². The second-order valence-electron chi connectivity index (χ2n) is 32.3. The zero-order valence-corrected chi connectivity index (χ0v) is 69.4. The van der Waals surface area contributed by atoms with Crippen LogP contribution in [0.4, 0.5) is 0 Å². The molecule has 25 aromatic rings. The van der Waals surface area contributed by atoms with Crippen LogP contribution < -0.4 is 0 Å². The van der Waals surface area contributed by atoms with E-state index in [4.69, 9.17) is 33.8 Å². The highest BCUT2D eigenvalue weighted by molar-refractivity contribution is 7.26. The van der Waals surface area contributed by atoms with E-state index >= 15 is 0 Å². The van der Waals surface area contributed by atoms with Crippen molar-refractivity contribution in [1.29, 1.82) is 0 Å². The van der Waals surface area contributed by atoms with E-state index in [2.05, 4.69) is 376 Å². The van der Waals surface area contributed by atoms with Gasteiger partial charge in [-0.25, -0.2) is 24.9 Å². The van der Waals surface area contributed by atoms with E-state index in [1.54, 1.807) is 11.3 Å². The first-order valence-electron chi connectivity index (χ1n) is 42.9. The van der Waals surface area contributed by atoms with Gasteiger partial charge in [-0.2, -0.15) is 0 Å². The summed E-state index contributed by atoms with van der Waals surface area (Å²) in [6, 6.07) is 157. The first-order valence-corrected chi connectivity index (χ1v) is 43.7. The van der Waals surface area contributed by atoms with Gasteiger partial charge in [0.1, 0.15) is 22.7 Å². The van der Waals surface area contributed by atoms with E-state index in [0.717, 1.165) is 150 Å². The Bertz CT molecular complexity index is 8590. The molecule has 0 aliphatic rings. The van der Waals surface area contributed by atoms with Crippen LogP contribution >= 0.6 is 11.3 Å². The number of hydrogen-bond acceptors (Lipinski definition) is 8. The highest BCUT2D eigenvalue weighted by Gasteiger charge is 2.28. The fourth-order valence-corrected chi connectivity index (χ4v) is 19.9. The summed E-state index contributed by atoms with van der Waals surface area (Å²) in [5.41, 5.74) is 25.9. The molecule has 592 valence electrons. The fourth-order valence-electron chi connectivity index (χ4n) is 18.7. The third kappa shape index (κ3) is 13.3. The largest absolute Gasteiger partial charge is 0.455 e. The van der Waals surface area contributed by atoms with Crippen molar-refractivity contribution >= 4 is 118 Å². The van der Waals surface area contributed by atoms with E-state index in [-0.39, 0.29) is 0 Å². The van der Waals surface area contributed by atoms with Crippen LogP contribution in [-0.4, -0.2) is 24.9 Å². The molecule has 0 bridgehead atoms.